The number of aromatic carboxylic acids is 1. The summed E-state index contributed by atoms with van der Waals surface area (Å²) < 4.78 is 13.3. The van der Waals surface area contributed by atoms with Crippen LogP contribution in [0.1, 0.15) is 36.5 Å². The summed E-state index contributed by atoms with van der Waals surface area (Å²) >= 11 is 0. The van der Waals surface area contributed by atoms with Gasteiger partial charge in [-0.1, -0.05) is 6.42 Å². The standard InChI is InChI=1S/C15H20FN3O2/c1-10-8-18-5-3-2-4-12(18)9-19(10)14-13(15(20)21)6-11(16)7-17-14/h6-7,10,12H,2-5,8-9H2,1H3,(H,20,21). The lowest BCUT2D eigenvalue weighted by Crippen LogP contribution is -2.59. The molecule has 0 bridgehead atoms. The van der Waals surface area contributed by atoms with Crippen molar-refractivity contribution in [2.75, 3.05) is 24.5 Å². The van der Waals surface area contributed by atoms with Gasteiger partial charge in [0, 0.05) is 25.2 Å². The maximum Gasteiger partial charge on any atom is 0.339 e. The fourth-order valence-corrected chi connectivity index (χ4v) is 3.47. The fourth-order valence-electron chi connectivity index (χ4n) is 3.47. The maximum absolute atomic E-state index is 13.3. The second-order valence-electron chi connectivity index (χ2n) is 5.98. The number of hydrogen-bond donors (Lipinski definition) is 1. The number of rotatable bonds is 2. The fraction of sp³-hybridized carbons (Fsp3) is 0.600. The molecule has 0 radical (unpaired) electrons. The smallest absolute Gasteiger partial charge is 0.339 e. The number of piperazine rings is 1. The molecular formula is C15H20FN3O2. The molecule has 0 aromatic carbocycles. The lowest BCUT2D eigenvalue weighted by atomic mass is 9.97. The van der Waals surface area contributed by atoms with E-state index in [1.54, 1.807) is 0 Å². The Balaban J connectivity index is 1.91. The van der Waals surface area contributed by atoms with Crippen LogP contribution >= 0.6 is 0 Å². The van der Waals surface area contributed by atoms with Crippen LogP contribution in [0.2, 0.25) is 0 Å². The van der Waals surface area contributed by atoms with E-state index in [0.717, 1.165) is 38.3 Å². The maximum atomic E-state index is 13.3. The minimum atomic E-state index is -1.13. The van der Waals surface area contributed by atoms with Gasteiger partial charge >= 0.3 is 5.97 Å². The Morgan fingerprint density at radius 3 is 3.00 bits per heavy atom. The van der Waals surface area contributed by atoms with Crippen molar-refractivity contribution in [2.24, 2.45) is 0 Å². The second-order valence-corrected chi connectivity index (χ2v) is 5.98. The van der Waals surface area contributed by atoms with Crippen LogP contribution in [0.4, 0.5) is 10.2 Å². The molecule has 0 saturated carbocycles. The van der Waals surface area contributed by atoms with Gasteiger partial charge in [0.2, 0.25) is 0 Å². The molecule has 114 valence electrons. The first-order valence-corrected chi connectivity index (χ1v) is 7.46. The molecule has 6 heteroatoms. The lowest BCUT2D eigenvalue weighted by Gasteiger charge is -2.48. The third-order valence-electron chi connectivity index (χ3n) is 4.52. The Morgan fingerprint density at radius 1 is 1.43 bits per heavy atom. The summed E-state index contributed by atoms with van der Waals surface area (Å²) in [6.07, 6.45) is 4.68. The minimum absolute atomic E-state index is 0.0499. The summed E-state index contributed by atoms with van der Waals surface area (Å²) in [5, 5.41) is 9.30. The molecule has 0 spiro atoms. The molecule has 21 heavy (non-hydrogen) atoms. The number of hydrogen-bond acceptors (Lipinski definition) is 4. The van der Waals surface area contributed by atoms with E-state index in [0.29, 0.717) is 11.9 Å². The van der Waals surface area contributed by atoms with Gasteiger partial charge in [0.25, 0.3) is 0 Å². The molecule has 2 saturated heterocycles. The van der Waals surface area contributed by atoms with Crippen molar-refractivity contribution < 1.29 is 14.3 Å². The molecule has 1 N–H and O–H groups in total. The summed E-state index contributed by atoms with van der Waals surface area (Å²) in [6.45, 7) is 4.86. The van der Waals surface area contributed by atoms with Crippen LogP contribution in [0.25, 0.3) is 0 Å². The van der Waals surface area contributed by atoms with Crippen molar-refractivity contribution in [3.05, 3.63) is 23.6 Å². The van der Waals surface area contributed by atoms with Crippen LogP contribution < -0.4 is 4.90 Å². The first kappa shape index (κ1) is 14.3. The van der Waals surface area contributed by atoms with Crippen molar-refractivity contribution in [1.29, 1.82) is 0 Å². The molecule has 1 aromatic rings. The third kappa shape index (κ3) is 2.72. The Morgan fingerprint density at radius 2 is 2.24 bits per heavy atom. The number of pyridine rings is 1. The van der Waals surface area contributed by atoms with Gasteiger partial charge in [-0.15, -0.1) is 0 Å². The highest BCUT2D eigenvalue weighted by Crippen LogP contribution is 2.29. The van der Waals surface area contributed by atoms with Gasteiger partial charge in [-0.2, -0.15) is 0 Å². The highest BCUT2D eigenvalue weighted by atomic mass is 19.1. The monoisotopic (exact) mass is 293 g/mol. The van der Waals surface area contributed by atoms with Gasteiger partial charge in [-0.25, -0.2) is 14.2 Å². The van der Waals surface area contributed by atoms with Crippen molar-refractivity contribution in [2.45, 2.75) is 38.3 Å². The molecule has 2 fully saturated rings. The second kappa shape index (κ2) is 5.60. The summed E-state index contributed by atoms with van der Waals surface area (Å²) in [6, 6.07) is 1.68. The van der Waals surface area contributed by atoms with Crippen molar-refractivity contribution in [3.63, 3.8) is 0 Å². The Bertz CT molecular complexity index is 552. The van der Waals surface area contributed by atoms with E-state index in [-0.39, 0.29) is 11.6 Å². The summed E-state index contributed by atoms with van der Waals surface area (Å²) in [7, 11) is 0. The SMILES string of the molecule is CC1CN2CCCCC2CN1c1ncc(F)cc1C(=O)O. The number of carbonyl (C=O) groups is 1. The van der Waals surface area contributed by atoms with Gasteiger partial charge < -0.3 is 10.0 Å². The molecule has 2 aliphatic rings. The molecule has 3 heterocycles. The number of fused-ring (bicyclic) bond motifs is 1. The Hall–Kier alpha value is -1.69. The first-order valence-electron chi connectivity index (χ1n) is 7.46. The quantitative estimate of drug-likeness (QED) is 0.903. The van der Waals surface area contributed by atoms with E-state index in [2.05, 4.69) is 16.8 Å². The molecule has 5 nitrogen and oxygen atoms in total. The predicted octanol–water partition coefficient (Wildman–Crippen LogP) is 1.98. The molecule has 1 aromatic heterocycles. The van der Waals surface area contributed by atoms with Crippen LogP contribution in [0.15, 0.2) is 12.3 Å². The number of piperidine rings is 1. The third-order valence-corrected chi connectivity index (χ3v) is 4.52. The van der Waals surface area contributed by atoms with Crippen LogP contribution in [-0.2, 0) is 0 Å². The number of aromatic nitrogens is 1. The largest absolute Gasteiger partial charge is 0.478 e. The zero-order valence-corrected chi connectivity index (χ0v) is 12.1. The van der Waals surface area contributed by atoms with Gasteiger partial charge in [-0.3, -0.25) is 4.90 Å². The topological polar surface area (TPSA) is 56.7 Å². The normalized spacial score (nSPS) is 26.5. The number of carboxylic acid groups (broad SMARTS) is 1. The lowest BCUT2D eigenvalue weighted by molar-refractivity contribution is 0.0695. The predicted molar refractivity (Wildman–Crippen MR) is 77.2 cm³/mol. The highest BCUT2D eigenvalue weighted by Gasteiger charge is 2.35. The van der Waals surface area contributed by atoms with Crippen LogP contribution in [-0.4, -0.2) is 52.7 Å². The number of anilines is 1. The summed E-state index contributed by atoms with van der Waals surface area (Å²) in [5.41, 5.74) is -0.0499. The Labute approximate surface area is 123 Å². The van der Waals surface area contributed by atoms with E-state index in [1.807, 2.05) is 4.90 Å². The zero-order valence-electron chi connectivity index (χ0n) is 12.1. The number of halogens is 1. The minimum Gasteiger partial charge on any atom is -0.478 e. The van der Waals surface area contributed by atoms with Crippen LogP contribution in [0, 0.1) is 5.82 Å². The van der Waals surface area contributed by atoms with E-state index in [1.165, 1.54) is 12.8 Å². The molecular weight excluding hydrogens is 273 g/mol. The highest BCUT2D eigenvalue weighted by molar-refractivity contribution is 5.93. The average Bonchev–Trinajstić information content (AvgIpc) is 2.46. The first-order chi connectivity index (χ1) is 10.1. The van der Waals surface area contributed by atoms with Crippen LogP contribution in [0.5, 0.6) is 0 Å². The van der Waals surface area contributed by atoms with Gasteiger partial charge in [0.05, 0.1) is 6.20 Å². The van der Waals surface area contributed by atoms with Gasteiger partial charge in [0.1, 0.15) is 17.2 Å². The number of carboxylic acids is 1. The van der Waals surface area contributed by atoms with E-state index < -0.39 is 11.8 Å². The average molecular weight is 293 g/mol. The zero-order chi connectivity index (χ0) is 15.0. The Kier molecular flexibility index (Phi) is 3.80. The van der Waals surface area contributed by atoms with Crippen molar-refractivity contribution in [1.82, 2.24) is 9.88 Å². The van der Waals surface area contributed by atoms with Gasteiger partial charge in [-0.05, 0) is 32.4 Å². The van der Waals surface area contributed by atoms with Crippen molar-refractivity contribution >= 4 is 11.8 Å². The molecule has 0 amide bonds. The van der Waals surface area contributed by atoms with Gasteiger partial charge in [0.15, 0.2) is 0 Å². The molecule has 2 aliphatic heterocycles. The van der Waals surface area contributed by atoms with E-state index in [4.69, 9.17) is 0 Å². The van der Waals surface area contributed by atoms with E-state index in [9.17, 15) is 14.3 Å². The van der Waals surface area contributed by atoms with Crippen molar-refractivity contribution in [3.8, 4) is 0 Å². The molecule has 3 rings (SSSR count). The summed E-state index contributed by atoms with van der Waals surface area (Å²) in [5.74, 6) is -1.35. The molecule has 2 atom stereocenters. The molecule has 0 aliphatic carbocycles. The van der Waals surface area contributed by atoms with Crippen LogP contribution in [0.3, 0.4) is 0 Å². The number of nitrogens with zero attached hydrogens (tertiary/aromatic N) is 3. The molecule has 2 unspecified atom stereocenters. The summed E-state index contributed by atoms with van der Waals surface area (Å²) in [4.78, 5) is 19.9. The van der Waals surface area contributed by atoms with E-state index >= 15 is 0 Å².